The summed E-state index contributed by atoms with van der Waals surface area (Å²) in [4.78, 5) is 12.3. The lowest BCUT2D eigenvalue weighted by atomic mass is 9.83. The van der Waals surface area contributed by atoms with Crippen molar-refractivity contribution in [3.05, 3.63) is 47.2 Å². The number of hydrogen-bond donors (Lipinski definition) is 1. The maximum absolute atomic E-state index is 12.3. The molecule has 0 unspecified atom stereocenters. The van der Waals surface area contributed by atoms with Crippen LogP contribution in [0.3, 0.4) is 0 Å². The van der Waals surface area contributed by atoms with Crippen molar-refractivity contribution in [2.75, 3.05) is 0 Å². The highest BCUT2D eigenvalue weighted by atomic mass is 16.5. The maximum atomic E-state index is 12.3. The van der Waals surface area contributed by atoms with Gasteiger partial charge in [0.05, 0.1) is 11.5 Å². The zero-order valence-electron chi connectivity index (χ0n) is 11.7. The predicted octanol–water partition coefficient (Wildman–Crippen LogP) is 3.72. The van der Waals surface area contributed by atoms with Crippen molar-refractivity contribution in [3.63, 3.8) is 0 Å². The number of esters is 1. The maximum Gasteiger partial charge on any atom is 0.338 e. The molecule has 1 aromatic rings. The van der Waals surface area contributed by atoms with E-state index in [0.29, 0.717) is 5.57 Å². The van der Waals surface area contributed by atoms with Gasteiger partial charge >= 0.3 is 5.97 Å². The molecule has 1 aromatic carbocycles. The average molecular weight is 272 g/mol. The van der Waals surface area contributed by atoms with Crippen molar-refractivity contribution in [3.8, 4) is 0 Å². The van der Waals surface area contributed by atoms with E-state index in [1.165, 1.54) is 0 Å². The summed E-state index contributed by atoms with van der Waals surface area (Å²) >= 11 is 0. The Kier molecular flexibility index (Phi) is 3.51. The third-order valence-corrected chi connectivity index (χ3v) is 4.52. The lowest BCUT2D eigenvalue weighted by molar-refractivity contribution is -0.149. The van der Waals surface area contributed by atoms with Crippen molar-refractivity contribution in [2.45, 2.75) is 44.6 Å². The molecule has 0 saturated heterocycles. The van der Waals surface area contributed by atoms with Gasteiger partial charge in [-0.2, -0.15) is 0 Å². The Labute approximate surface area is 119 Å². The van der Waals surface area contributed by atoms with Gasteiger partial charge in [0.1, 0.15) is 11.9 Å². The molecule has 3 rings (SSSR count). The molecule has 1 heterocycles. The number of aliphatic hydroxyl groups is 1. The van der Waals surface area contributed by atoms with Crippen molar-refractivity contribution in [1.82, 2.24) is 0 Å². The first-order valence-electron chi connectivity index (χ1n) is 7.41. The monoisotopic (exact) mass is 272 g/mol. The van der Waals surface area contributed by atoms with Crippen LogP contribution in [0.4, 0.5) is 0 Å². The quantitative estimate of drug-likeness (QED) is 0.853. The average Bonchev–Trinajstić information content (AvgIpc) is 2.92. The molecule has 0 aromatic heterocycles. The van der Waals surface area contributed by atoms with Crippen molar-refractivity contribution < 1.29 is 14.6 Å². The first kappa shape index (κ1) is 13.2. The lowest BCUT2D eigenvalue weighted by Crippen LogP contribution is -2.33. The van der Waals surface area contributed by atoms with Gasteiger partial charge in [0.15, 0.2) is 0 Å². The summed E-state index contributed by atoms with van der Waals surface area (Å²) in [5.41, 5.74) is 1.53. The minimum absolute atomic E-state index is 0.0143. The number of carbonyl (C=O) groups excluding carboxylic acids is 1. The third kappa shape index (κ3) is 2.11. The summed E-state index contributed by atoms with van der Waals surface area (Å²) in [5.74, 6) is -0.119. The summed E-state index contributed by atoms with van der Waals surface area (Å²) < 4.78 is 5.54. The molecule has 1 aliphatic carbocycles. The van der Waals surface area contributed by atoms with Gasteiger partial charge in [-0.15, -0.1) is 0 Å². The number of fused-ring (bicyclic) bond motifs is 1. The zero-order valence-corrected chi connectivity index (χ0v) is 11.7. The van der Waals surface area contributed by atoms with Crippen molar-refractivity contribution in [1.29, 1.82) is 0 Å². The lowest BCUT2D eigenvalue weighted by Gasteiger charge is -2.30. The van der Waals surface area contributed by atoms with E-state index in [1.54, 1.807) is 0 Å². The van der Waals surface area contributed by atoms with Gasteiger partial charge in [0.2, 0.25) is 0 Å². The van der Waals surface area contributed by atoms with Crippen LogP contribution in [0.5, 0.6) is 0 Å². The Morgan fingerprint density at radius 1 is 1.30 bits per heavy atom. The molecule has 1 fully saturated rings. The van der Waals surface area contributed by atoms with E-state index in [1.807, 2.05) is 37.3 Å². The smallest absolute Gasteiger partial charge is 0.338 e. The Bertz CT molecular complexity index is 532. The van der Waals surface area contributed by atoms with Crippen molar-refractivity contribution in [2.24, 2.45) is 5.92 Å². The van der Waals surface area contributed by atoms with Crippen LogP contribution in [-0.4, -0.2) is 17.2 Å². The molecule has 1 saturated carbocycles. The molecule has 3 nitrogen and oxygen atoms in total. The Morgan fingerprint density at radius 3 is 2.75 bits per heavy atom. The molecule has 0 radical (unpaired) electrons. The molecule has 0 amide bonds. The molecular weight excluding hydrogens is 252 g/mol. The third-order valence-electron chi connectivity index (χ3n) is 4.52. The number of hydrogen-bond acceptors (Lipinski definition) is 3. The van der Waals surface area contributed by atoms with Crippen molar-refractivity contribution >= 4 is 5.97 Å². The molecular formula is C17H20O3. The molecule has 2 aliphatic rings. The van der Waals surface area contributed by atoms with Gasteiger partial charge in [-0.1, -0.05) is 37.3 Å². The minimum Gasteiger partial charge on any atom is -0.511 e. The van der Waals surface area contributed by atoms with E-state index in [0.717, 1.165) is 31.2 Å². The van der Waals surface area contributed by atoms with Crippen LogP contribution in [0, 0.1) is 5.92 Å². The normalized spacial score (nSPS) is 27.1. The minimum atomic E-state index is -0.332. The van der Waals surface area contributed by atoms with E-state index in [4.69, 9.17) is 4.74 Å². The fraction of sp³-hybridized carbons (Fsp3) is 0.471. The molecule has 1 aliphatic heterocycles. The predicted molar refractivity (Wildman–Crippen MR) is 76.3 cm³/mol. The van der Waals surface area contributed by atoms with Gasteiger partial charge in [-0.05, 0) is 31.2 Å². The van der Waals surface area contributed by atoms with Crippen LogP contribution in [0.15, 0.2) is 41.7 Å². The summed E-state index contributed by atoms with van der Waals surface area (Å²) in [7, 11) is 0. The van der Waals surface area contributed by atoms with E-state index in [2.05, 4.69) is 0 Å². The highest BCUT2D eigenvalue weighted by Crippen LogP contribution is 2.42. The van der Waals surface area contributed by atoms with E-state index in [9.17, 15) is 9.90 Å². The zero-order chi connectivity index (χ0) is 14.1. The second-order valence-electron chi connectivity index (χ2n) is 5.65. The van der Waals surface area contributed by atoms with Gasteiger partial charge in [-0.25, -0.2) is 4.79 Å². The Hall–Kier alpha value is -1.77. The Balaban J connectivity index is 2.01. The van der Waals surface area contributed by atoms with E-state index in [-0.39, 0.29) is 29.7 Å². The molecule has 0 spiro atoms. The van der Waals surface area contributed by atoms with E-state index < -0.39 is 0 Å². The topological polar surface area (TPSA) is 46.5 Å². The molecule has 3 heteroatoms. The summed E-state index contributed by atoms with van der Waals surface area (Å²) in [6.07, 6.45) is 3.46. The SMILES string of the molecule is CC[C@H](C1=C(O)[C@H]2CCC[C@H]2OC1=O)c1ccccc1. The Morgan fingerprint density at radius 2 is 2.05 bits per heavy atom. The van der Waals surface area contributed by atoms with Crippen LogP contribution in [0.1, 0.15) is 44.1 Å². The first-order valence-corrected chi connectivity index (χ1v) is 7.41. The standard InChI is InChI=1S/C17H20O3/c1-2-12(11-7-4-3-5-8-11)15-16(18)13-9-6-10-14(13)20-17(15)19/h3-5,7-8,12-14,18H,2,6,9-10H2,1H3/t12-,13-,14+/m0/s1. The number of aliphatic hydroxyl groups excluding tert-OH is 1. The summed E-state index contributed by atoms with van der Waals surface area (Å²) in [5, 5.41) is 10.6. The fourth-order valence-electron chi connectivity index (χ4n) is 3.50. The van der Waals surface area contributed by atoms with Gasteiger partial charge in [0.25, 0.3) is 0 Å². The number of benzene rings is 1. The second-order valence-corrected chi connectivity index (χ2v) is 5.65. The number of rotatable bonds is 3. The van der Waals surface area contributed by atoms with Crippen LogP contribution in [-0.2, 0) is 9.53 Å². The largest absolute Gasteiger partial charge is 0.511 e. The van der Waals surface area contributed by atoms with Gasteiger partial charge in [0, 0.05) is 5.92 Å². The molecule has 106 valence electrons. The summed E-state index contributed by atoms with van der Waals surface area (Å²) in [6.45, 7) is 2.03. The molecule has 1 N–H and O–H groups in total. The van der Waals surface area contributed by atoms with Gasteiger partial charge in [-0.3, -0.25) is 0 Å². The fourth-order valence-corrected chi connectivity index (χ4v) is 3.50. The second kappa shape index (κ2) is 5.31. The highest BCUT2D eigenvalue weighted by molar-refractivity contribution is 5.92. The molecule has 20 heavy (non-hydrogen) atoms. The summed E-state index contributed by atoms with van der Waals surface area (Å²) in [6, 6.07) is 9.88. The van der Waals surface area contributed by atoms with E-state index >= 15 is 0 Å². The van der Waals surface area contributed by atoms with Crippen LogP contribution in [0.2, 0.25) is 0 Å². The van der Waals surface area contributed by atoms with Crippen LogP contribution in [0.25, 0.3) is 0 Å². The number of ether oxygens (including phenoxy) is 1. The highest BCUT2D eigenvalue weighted by Gasteiger charge is 2.42. The molecule has 3 atom stereocenters. The van der Waals surface area contributed by atoms with Gasteiger partial charge < -0.3 is 9.84 Å². The number of carbonyl (C=O) groups is 1. The first-order chi connectivity index (χ1) is 9.72. The van der Waals surface area contributed by atoms with Crippen LogP contribution < -0.4 is 0 Å². The van der Waals surface area contributed by atoms with Crippen LogP contribution >= 0.6 is 0 Å². The molecule has 0 bridgehead atoms.